The maximum atomic E-state index is 11.9. The molecular formula is C25H27Cl2NO3. The van der Waals surface area contributed by atoms with Gasteiger partial charge in [0.25, 0.3) is 0 Å². The van der Waals surface area contributed by atoms with Gasteiger partial charge in [0.15, 0.2) is 0 Å². The fourth-order valence-corrected chi connectivity index (χ4v) is 4.07. The van der Waals surface area contributed by atoms with Crippen LogP contribution in [0.1, 0.15) is 38.7 Å². The molecule has 31 heavy (non-hydrogen) atoms. The number of hydrogen-bond acceptors (Lipinski definition) is 3. The van der Waals surface area contributed by atoms with E-state index in [4.69, 9.17) is 11.6 Å². The molecule has 0 aliphatic heterocycles. The van der Waals surface area contributed by atoms with Gasteiger partial charge in [0.05, 0.1) is 11.7 Å². The first kappa shape index (κ1) is 24.9. The van der Waals surface area contributed by atoms with Gasteiger partial charge in [-0.05, 0) is 78.4 Å². The van der Waals surface area contributed by atoms with Crippen molar-refractivity contribution in [3.05, 3.63) is 93.5 Å². The van der Waals surface area contributed by atoms with Crippen LogP contribution in [0.3, 0.4) is 0 Å². The largest absolute Gasteiger partial charge is 0.478 e. The molecule has 3 aromatic carbocycles. The predicted octanol–water partition coefficient (Wildman–Crippen LogP) is 5.61. The van der Waals surface area contributed by atoms with E-state index in [1.54, 1.807) is 24.3 Å². The van der Waals surface area contributed by atoms with E-state index in [-0.39, 0.29) is 12.4 Å². The number of nitrogens with one attached hydrogen (secondary N) is 1. The van der Waals surface area contributed by atoms with E-state index in [0.717, 1.165) is 33.4 Å². The zero-order valence-corrected chi connectivity index (χ0v) is 19.1. The molecule has 0 bridgehead atoms. The second-order valence-corrected chi connectivity index (χ2v) is 7.85. The van der Waals surface area contributed by atoms with Crippen molar-refractivity contribution in [1.29, 1.82) is 0 Å². The van der Waals surface area contributed by atoms with Crippen molar-refractivity contribution in [3.8, 4) is 11.1 Å². The summed E-state index contributed by atoms with van der Waals surface area (Å²) in [6.07, 6.45) is -0.128. The second-order valence-electron chi connectivity index (χ2n) is 7.42. The number of carbonyl (C=O) groups is 1. The van der Waals surface area contributed by atoms with Crippen molar-refractivity contribution in [1.82, 2.24) is 5.32 Å². The highest BCUT2D eigenvalue weighted by molar-refractivity contribution is 6.30. The number of halogens is 2. The number of carboxylic acid groups (broad SMARTS) is 1. The molecule has 0 radical (unpaired) electrons. The number of rotatable bonds is 8. The monoisotopic (exact) mass is 459 g/mol. The van der Waals surface area contributed by atoms with Crippen molar-refractivity contribution >= 4 is 30.0 Å². The smallest absolute Gasteiger partial charge is 0.335 e. The fraction of sp³-hybridized carbons (Fsp3) is 0.240. The number of aliphatic hydroxyl groups is 1. The van der Waals surface area contributed by atoms with Crippen molar-refractivity contribution in [2.45, 2.75) is 26.4 Å². The Hall–Kier alpha value is -2.37. The van der Waals surface area contributed by atoms with Gasteiger partial charge in [0.1, 0.15) is 0 Å². The molecule has 0 heterocycles. The summed E-state index contributed by atoms with van der Waals surface area (Å²) in [6, 6.07) is 18.9. The quantitative estimate of drug-likeness (QED) is 0.382. The van der Waals surface area contributed by atoms with Crippen LogP contribution in [0.15, 0.2) is 60.7 Å². The lowest BCUT2D eigenvalue weighted by molar-refractivity contribution is 0.0695. The Morgan fingerprint density at radius 3 is 2.42 bits per heavy atom. The van der Waals surface area contributed by atoms with Crippen molar-refractivity contribution in [2.24, 2.45) is 0 Å². The van der Waals surface area contributed by atoms with Crippen LogP contribution >= 0.6 is 24.0 Å². The number of aryl methyl sites for hydroxylation is 1. The minimum atomic E-state index is -0.922. The lowest BCUT2D eigenvalue weighted by Gasteiger charge is -2.18. The second kappa shape index (κ2) is 11.3. The molecule has 0 fully saturated rings. The number of hydrogen-bond donors (Lipinski definition) is 3. The molecule has 0 spiro atoms. The van der Waals surface area contributed by atoms with Gasteiger partial charge in [-0.3, -0.25) is 0 Å². The molecule has 0 unspecified atom stereocenters. The van der Waals surface area contributed by atoms with Gasteiger partial charge in [-0.1, -0.05) is 54.1 Å². The molecule has 0 saturated heterocycles. The van der Waals surface area contributed by atoms with Gasteiger partial charge in [0.2, 0.25) is 0 Å². The third-order valence-electron chi connectivity index (χ3n) is 5.32. The summed E-state index contributed by atoms with van der Waals surface area (Å²) < 4.78 is 0. The molecule has 0 aliphatic rings. The first-order chi connectivity index (χ1) is 14.4. The van der Waals surface area contributed by atoms with Crippen LogP contribution in [0.25, 0.3) is 11.1 Å². The van der Waals surface area contributed by atoms with Gasteiger partial charge in [-0.2, -0.15) is 0 Å². The van der Waals surface area contributed by atoms with E-state index < -0.39 is 12.1 Å². The first-order valence-corrected chi connectivity index (χ1v) is 10.3. The average Bonchev–Trinajstić information content (AvgIpc) is 2.72. The van der Waals surface area contributed by atoms with Crippen LogP contribution in [0, 0.1) is 13.8 Å². The lowest BCUT2D eigenvalue weighted by atomic mass is 9.87. The highest BCUT2D eigenvalue weighted by Gasteiger charge is 2.18. The maximum absolute atomic E-state index is 11.9. The van der Waals surface area contributed by atoms with Gasteiger partial charge in [-0.15, -0.1) is 12.4 Å². The van der Waals surface area contributed by atoms with Gasteiger partial charge in [-0.25, -0.2) is 4.79 Å². The fourth-order valence-electron chi connectivity index (χ4n) is 3.87. The molecular weight excluding hydrogens is 433 g/mol. The Kier molecular flexibility index (Phi) is 9.08. The Morgan fingerprint density at radius 2 is 1.77 bits per heavy atom. The summed E-state index contributed by atoms with van der Waals surface area (Å²) in [5.74, 6) is -0.922. The van der Waals surface area contributed by atoms with Crippen LogP contribution in [-0.2, 0) is 6.42 Å². The highest BCUT2D eigenvalue weighted by Crippen LogP contribution is 2.32. The van der Waals surface area contributed by atoms with Gasteiger partial charge < -0.3 is 15.5 Å². The first-order valence-electron chi connectivity index (χ1n) is 9.94. The van der Waals surface area contributed by atoms with E-state index >= 15 is 0 Å². The minimum absolute atomic E-state index is 0. The molecule has 0 amide bonds. The summed E-state index contributed by atoms with van der Waals surface area (Å²) in [4.78, 5) is 11.9. The number of aliphatic hydroxyl groups excluding tert-OH is 1. The molecule has 0 aliphatic carbocycles. The van der Waals surface area contributed by atoms with Crippen molar-refractivity contribution < 1.29 is 15.0 Å². The topological polar surface area (TPSA) is 69.6 Å². The van der Waals surface area contributed by atoms with Crippen molar-refractivity contribution in [2.75, 3.05) is 13.1 Å². The summed E-state index contributed by atoms with van der Waals surface area (Å²) in [5.41, 5.74) is 5.99. The van der Waals surface area contributed by atoms with E-state index in [9.17, 15) is 15.0 Å². The molecule has 3 aromatic rings. The Labute approximate surface area is 194 Å². The minimum Gasteiger partial charge on any atom is -0.478 e. The molecule has 0 saturated carbocycles. The van der Waals surface area contributed by atoms with Gasteiger partial charge in [0, 0.05) is 11.6 Å². The zero-order chi connectivity index (χ0) is 21.7. The van der Waals surface area contributed by atoms with Crippen molar-refractivity contribution in [3.63, 3.8) is 0 Å². The predicted molar refractivity (Wildman–Crippen MR) is 129 cm³/mol. The third kappa shape index (κ3) is 6.08. The van der Waals surface area contributed by atoms with Crippen LogP contribution < -0.4 is 5.32 Å². The van der Waals surface area contributed by atoms with E-state index in [1.807, 2.05) is 50.2 Å². The summed E-state index contributed by atoms with van der Waals surface area (Å²) in [6.45, 7) is 4.85. The molecule has 4 nitrogen and oxygen atoms in total. The zero-order valence-electron chi connectivity index (χ0n) is 17.6. The standard InChI is InChI=1S/C25H26ClNO3.ClH/c1-16-13-22(25(29)30)21(17(2)24(16)18-7-4-3-5-8-18)11-12-27-15-23(28)19-9-6-10-20(26)14-19;/h3-10,13-14,23,27-28H,11-12,15H2,1-2H3,(H,29,30);1H/t23-;/m0./s1. The van der Waals surface area contributed by atoms with Crippen LogP contribution in [0.2, 0.25) is 5.02 Å². The number of aromatic carboxylic acids is 1. The molecule has 3 N–H and O–H groups in total. The van der Waals surface area contributed by atoms with Crippen LogP contribution in [0.5, 0.6) is 0 Å². The number of carboxylic acids is 1. The molecule has 1 atom stereocenters. The van der Waals surface area contributed by atoms with E-state index in [0.29, 0.717) is 30.1 Å². The number of benzene rings is 3. The molecule has 6 heteroatoms. The van der Waals surface area contributed by atoms with Gasteiger partial charge >= 0.3 is 5.97 Å². The van der Waals surface area contributed by atoms with E-state index in [1.165, 1.54) is 0 Å². The summed E-state index contributed by atoms with van der Waals surface area (Å²) in [7, 11) is 0. The summed E-state index contributed by atoms with van der Waals surface area (Å²) >= 11 is 5.99. The maximum Gasteiger partial charge on any atom is 0.335 e. The molecule has 0 aromatic heterocycles. The van der Waals surface area contributed by atoms with Crippen LogP contribution in [-0.4, -0.2) is 29.3 Å². The summed E-state index contributed by atoms with van der Waals surface area (Å²) in [5, 5.41) is 23.9. The molecule has 3 rings (SSSR count). The Morgan fingerprint density at radius 1 is 1.06 bits per heavy atom. The average molecular weight is 460 g/mol. The van der Waals surface area contributed by atoms with Crippen LogP contribution in [0.4, 0.5) is 0 Å². The lowest BCUT2D eigenvalue weighted by Crippen LogP contribution is -2.24. The molecule has 164 valence electrons. The SMILES string of the molecule is Cc1cc(C(=O)O)c(CCNC[C@H](O)c2cccc(Cl)c2)c(C)c1-c1ccccc1.Cl. The normalized spacial score (nSPS) is 11.6. The van der Waals surface area contributed by atoms with E-state index in [2.05, 4.69) is 5.32 Å². The third-order valence-corrected chi connectivity index (χ3v) is 5.56. The Bertz CT molecular complexity index is 1040. The highest BCUT2D eigenvalue weighted by atomic mass is 35.5. The Balaban J connectivity index is 0.00000341.